The van der Waals surface area contributed by atoms with Crippen LogP contribution in [-0.2, 0) is 0 Å². The number of aromatic nitrogens is 1. The molecule has 3 rings (SSSR count). The highest BCUT2D eigenvalue weighted by Gasteiger charge is 2.12. The van der Waals surface area contributed by atoms with E-state index in [1.807, 2.05) is 44.2 Å². The molecule has 25 heavy (non-hydrogen) atoms. The quantitative estimate of drug-likeness (QED) is 0.778. The molecule has 0 fully saturated rings. The Morgan fingerprint density at radius 3 is 2.24 bits per heavy atom. The van der Waals surface area contributed by atoms with Gasteiger partial charge in [-0.1, -0.05) is 17.7 Å². The smallest absolute Gasteiger partial charge is 0.256 e. The summed E-state index contributed by atoms with van der Waals surface area (Å²) in [7, 11) is 3.19. The molecule has 5 heteroatoms. The van der Waals surface area contributed by atoms with Crippen LogP contribution in [0.25, 0.3) is 10.8 Å². The summed E-state index contributed by atoms with van der Waals surface area (Å²) < 4.78 is 10.7. The van der Waals surface area contributed by atoms with Crippen molar-refractivity contribution in [2.45, 2.75) is 13.8 Å². The number of carbonyl (C=O) groups excluding carboxylic acids is 1. The fourth-order valence-corrected chi connectivity index (χ4v) is 2.71. The van der Waals surface area contributed by atoms with Gasteiger partial charge in [-0.15, -0.1) is 0 Å². The van der Waals surface area contributed by atoms with Gasteiger partial charge in [-0.3, -0.25) is 4.79 Å². The maximum absolute atomic E-state index is 12.4. The molecule has 1 heterocycles. The van der Waals surface area contributed by atoms with Crippen molar-refractivity contribution in [2.24, 2.45) is 0 Å². The average molecular weight is 336 g/mol. The first-order valence-electron chi connectivity index (χ1n) is 7.93. The van der Waals surface area contributed by atoms with E-state index in [-0.39, 0.29) is 5.91 Å². The second-order valence-corrected chi connectivity index (χ2v) is 5.84. The Bertz CT molecular complexity index is 934. The number of ether oxygens (including phenoxy) is 2. The largest absolute Gasteiger partial charge is 0.493 e. The van der Waals surface area contributed by atoms with E-state index < -0.39 is 0 Å². The molecule has 0 atom stereocenters. The van der Waals surface area contributed by atoms with Crippen molar-refractivity contribution in [2.75, 3.05) is 19.5 Å². The number of aryl methyl sites for hydroxylation is 2. The van der Waals surface area contributed by atoms with Crippen LogP contribution in [0, 0.1) is 13.8 Å². The highest BCUT2D eigenvalue weighted by molar-refractivity contribution is 6.04. The molecule has 2 aromatic carbocycles. The molecule has 0 unspecified atom stereocenters. The second kappa shape index (κ2) is 6.81. The first kappa shape index (κ1) is 16.8. The van der Waals surface area contributed by atoms with Crippen LogP contribution in [0.15, 0.2) is 42.5 Å². The molecule has 1 aromatic heterocycles. The van der Waals surface area contributed by atoms with Gasteiger partial charge in [0.2, 0.25) is 0 Å². The Kier molecular flexibility index (Phi) is 4.57. The van der Waals surface area contributed by atoms with Gasteiger partial charge in [0.15, 0.2) is 11.5 Å². The fraction of sp³-hybridized carbons (Fsp3) is 0.200. The topological polar surface area (TPSA) is 60.5 Å². The SMILES string of the molecule is COc1cc2cc(NC(=O)c3ccc(C)cc3)nc(C)c2cc1OC. The van der Waals surface area contributed by atoms with Gasteiger partial charge in [0.1, 0.15) is 5.82 Å². The van der Waals surface area contributed by atoms with E-state index in [9.17, 15) is 4.79 Å². The van der Waals surface area contributed by atoms with Crippen molar-refractivity contribution in [1.82, 2.24) is 4.98 Å². The minimum Gasteiger partial charge on any atom is -0.493 e. The molecule has 1 amide bonds. The van der Waals surface area contributed by atoms with Gasteiger partial charge >= 0.3 is 0 Å². The number of methoxy groups -OCH3 is 2. The van der Waals surface area contributed by atoms with E-state index in [1.54, 1.807) is 26.4 Å². The predicted molar refractivity (Wildman–Crippen MR) is 98.7 cm³/mol. The Hall–Kier alpha value is -3.08. The van der Waals surface area contributed by atoms with Crippen molar-refractivity contribution >= 4 is 22.5 Å². The highest BCUT2D eigenvalue weighted by Crippen LogP contribution is 2.34. The number of nitrogens with one attached hydrogen (secondary N) is 1. The first-order chi connectivity index (χ1) is 12.0. The normalized spacial score (nSPS) is 10.6. The van der Waals surface area contributed by atoms with Gasteiger partial charge in [0.25, 0.3) is 5.91 Å². The zero-order chi connectivity index (χ0) is 18.0. The van der Waals surface area contributed by atoms with E-state index in [1.165, 1.54) is 0 Å². The van der Waals surface area contributed by atoms with Gasteiger partial charge in [-0.05, 0) is 49.6 Å². The lowest BCUT2D eigenvalue weighted by Crippen LogP contribution is -2.13. The molecule has 0 spiro atoms. The number of nitrogens with zero attached hydrogens (tertiary/aromatic N) is 1. The lowest BCUT2D eigenvalue weighted by molar-refractivity contribution is 0.102. The maximum Gasteiger partial charge on any atom is 0.256 e. The summed E-state index contributed by atoms with van der Waals surface area (Å²) in [5.41, 5.74) is 2.51. The third-order valence-corrected chi connectivity index (χ3v) is 4.08. The summed E-state index contributed by atoms with van der Waals surface area (Å²) in [6.07, 6.45) is 0. The van der Waals surface area contributed by atoms with Gasteiger partial charge < -0.3 is 14.8 Å². The molecule has 0 saturated carbocycles. The second-order valence-electron chi connectivity index (χ2n) is 5.84. The summed E-state index contributed by atoms with van der Waals surface area (Å²) in [6, 6.07) is 13.0. The molecular weight excluding hydrogens is 316 g/mol. The lowest BCUT2D eigenvalue weighted by atomic mass is 10.1. The van der Waals surface area contributed by atoms with Crippen molar-refractivity contribution in [1.29, 1.82) is 0 Å². The minimum atomic E-state index is -0.188. The van der Waals surface area contributed by atoms with Gasteiger partial charge in [0.05, 0.1) is 14.2 Å². The number of carbonyl (C=O) groups is 1. The fourth-order valence-electron chi connectivity index (χ4n) is 2.71. The van der Waals surface area contributed by atoms with Crippen molar-refractivity contribution < 1.29 is 14.3 Å². The van der Waals surface area contributed by atoms with E-state index in [4.69, 9.17) is 9.47 Å². The Labute approximate surface area is 146 Å². The zero-order valence-electron chi connectivity index (χ0n) is 14.7. The Morgan fingerprint density at radius 2 is 1.60 bits per heavy atom. The van der Waals surface area contributed by atoms with Crippen molar-refractivity contribution in [3.8, 4) is 11.5 Å². The monoisotopic (exact) mass is 336 g/mol. The van der Waals surface area contributed by atoms with E-state index in [0.29, 0.717) is 22.9 Å². The van der Waals surface area contributed by atoms with E-state index >= 15 is 0 Å². The average Bonchev–Trinajstić information content (AvgIpc) is 2.61. The Balaban J connectivity index is 1.97. The Morgan fingerprint density at radius 1 is 0.960 bits per heavy atom. The van der Waals surface area contributed by atoms with E-state index in [2.05, 4.69) is 10.3 Å². The van der Waals surface area contributed by atoms with Crippen molar-refractivity contribution in [3.05, 3.63) is 59.3 Å². The third-order valence-electron chi connectivity index (χ3n) is 4.08. The van der Waals surface area contributed by atoms with Gasteiger partial charge in [-0.25, -0.2) is 4.98 Å². The summed E-state index contributed by atoms with van der Waals surface area (Å²) in [4.78, 5) is 16.9. The number of hydrogen-bond acceptors (Lipinski definition) is 4. The molecule has 5 nitrogen and oxygen atoms in total. The predicted octanol–water partition coefficient (Wildman–Crippen LogP) is 4.12. The summed E-state index contributed by atoms with van der Waals surface area (Å²) in [5.74, 6) is 1.60. The zero-order valence-corrected chi connectivity index (χ0v) is 14.7. The minimum absolute atomic E-state index is 0.188. The molecule has 0 aliphatic carbocycles. The molecule has 0 radical (unpaired) electrons. The van der Waals surface area contributed by atoms with Crippen LogP contribution in [0.5, 0.6) is 11.5 Å². The van der Waals surface area contributed by atoms with Crippen LogP contribution in [0.1, 0.15) is 21.6 Å². The number of hydrogen-bond donors (Lipinski definition) is 1. The number of rotatable bonds is 4. The molecule has 0 aliphatic heterocycles. The summed E-state index contributed by atoms with van der Waals surface area (Å²) in [5, 5.41) is 4.73. The molecule has 1 N–H and O–H groups in total. The molecule has 0 bridgehead atoms. The molecule has 0 saturated heterocycles. The number of pyridine rings is 1. The molecule has 128 valence electrons. The maximum atomic E-state index is 12.4. The van der Waals surface area contributed by atoms with Crippen LogP contribution in [0.2, 0.25) is 0 Å². The molecule has 0 aliphatic rings. The third kappa shape index (κ3) is 3.40. The standard InChI is InChI=1S/C20H20N2O3/c1-12-5-7-14(8-6-12)20(23)22-19-10-15-9-17(24-3)18(25-4)11-16(15)13(2)21-19/h5-11H,1-4H3,(H,21,22,23). The van der Waals surface area contributed by atoms with Crippen LogP contribution in [0.3, 0.4) is 0 Å². The van der Waals surface area contributed by atoms with Crippen LogP contribution < -0.4 is 14.8 Å². The number of amides is 1. The summed E-state index contributed by atoms with van der Waals surface area (Å²) in [6.45, 7) is 3.88. The van der Waals surface area contributed by atoms with Gasteiger partial charge in [0, 0.05) is 16.6 Å². The van der Waals surface area contributed by atoms with E-state index in [0.717, 1.165) is 22.0 Å². The lowest BCUT2D eigenvalue weighted by Gasteiger charge is -2.12. The van der Waals surface area contributed by atoms with Crippen LogP contribution in [0.4, 0.5) is 5.82 Å². The number of benzene rings is 2. The summed E-state index contributed by atoms with van der Waals surface area (Å²) >= 11 is 0. The van der Waals surface area contributed by atoms with Gasteiger partial charge in [-0.2, -0.15) is 0 Å². The number of fused-ring (bicyclic) bond motifs is 1. The number of anilines is 1. The highest BCUT2D eigenvalue weighted by atomic mass is 16.5. The van der Waals surface area contributed by atoms with Crippen LogP contribution in [-0.4, -0.2) is 25.1 Å². The van der Waals surface area contributed by atoms with Crippen molar-refractivity contribution in [3.63, 3.8) is 0 Å². The van der Waals surface area contributed by atoms with Crippen LogP contribution >= 0.6 is 0 Å². The molecule has 3 aromatic rings. The molecular formula is C20H20N2O3. The first-order valence-corrected chi connectivity index (χ1v) is 7.93.